The first-order chi connectivity index (χ1) is 15.5. The van der Waals surface area contributed by atoms with Crippen molar-refractivity contribution in [2.24, 2.45) is 0 Å². The van der Waals surface area contributed by atoms with Gasteiger partial charge >= 0.3 is 0 Å². The van der Waals surface area contributed by atoms with Crippen molar-refractivity contribution in [1.82, 2.24) is 9.97 Å². The summed E-state index contributed by atoms with van der Waals surface area (Å²) in [5.74, 6) is -0.129. The van der Waals surface area contributed by atoms with Gasteiger partial charge in [-0.1, -0.05) is 54.0 Å². The van der Waals surface area contributed by atoms with Gasteiger partial charge in [-0.3, -0.25) is 9.59 Å². The lowest BCUT2D eigenvalue weighted by Gasteiger charge is -2.08. The van der Waals surface area contributed by atoms with Gasteiger partial charge in [0.05, 0.1) is 16.9 Å². The van der Waals surface area contributed by atoms with E-state index < -0.39 is 5.91 Å². The second-order valence-electron chi connectivity index (χ2n) is 6.79. The number of halogens is 2. The summed E-state index contributed by atoms with van der Waals surface area (Å²) >= 11 is 13.6. The topological polar surface area (TPSA) is 85.1 Å². The van der Waals surface area contributed by atoms with Crippen molar-refractivity contribution in [2.45, 2.75) is 18.5 Å². The van der Waals surface area contributed by atoms with Crippen molar-refractivity contribution < 1.29 is 14.0 Å². The Kier molecular flexibility index (Phi) is 6.79. The molecule has 2 heterocycles. The summed E-state index contributed by atoms with van der Waals surface area (Å²) in [7, 11) is 0. The Morgan fingerprint density at radius 3 is 2.59 bits per heavy atom. The van der Waals surface area contributed by atoms with Gasteiger partial charge in [-0.25, -0.2) is 9.97 Å². The number of carbonyl (C=O) groups is 2. The summed E-state index contributed by atoms with van der Waals surface area (Å²) in [6, 6.07) is 13.5. The zero-order valence-electron chi connectivity index (χ0n) is 16.9. The third-order valence-electron chi connectivity index (χ3n) is 4.52. The Labute approximate surface area is 198 Å². The minimum absolute atomic E-state index is 0.00707. The summed E-state index contributed by atoms with van der Waals surface area (Å²) in [6.07, 6.45) is 2.34. The predicted molar refractivity (Wildman–Crippen MR) is 127 cm³/mol. The van der Waals surface area contributed by atoms with Crippen LogP contribution in [0.5, 0.6) is 0 Å². The molecular weight excluding hydrogens is 469 g/mol. The second kappa shape index (κ2) is 9.73. The molecule has 0 unspecified atom stereocenters. The van der Waals surface area contributed by atoms with Crippen LogP contribution >= 0.6 is 35.0 Å². The normalized spacial score (nSPS) is 11.0. The maximum absolute atomic E-state index is 13.2. The molecule has 32 heavy (non-hydrogen) atoms. The molecule has 6 nitrogen and oxygen atoms in total. The zero-order valence-corrected chi connectivity index (χ0v) is 19.2. The van der Waals surface area contributed by atoms with Crippen LogP contribution in [0.15, 0.2) is 64.3 Å². The number of hydrogen-bond acceptors (Lipinski definition) is 6. The van der Waals surface area contributed by atoms with E-state index in [1.165, 1.54) is 18.0 Å². The van der Waals surface area contributed by atoms with Gasteiger partial charge in [0.1, 0.15) is 5.58 Å². The highest BCUT2D eigenvalue weighted by Gasteiger charge is 2.25. The molecule has 0 fully saturated rings. The van der Waals surface area contributed by atoms with Crippen LogP contribution in [0.2, 0.25) is 10.0 Å². The number of ketones is 1. The molecule has 4 aromatic rings. The van der Waals surface area contributed by atoms with Crippen LogP contribution in [0.3, 0.4) is 0 Å². The van der Waals surface area contributed by atoms with Crippen molar-refractivity contribution in [3.63, 3.8) is 0 Å². The number of thioether (sulfide) groups is 1. The van der Waals surface area contributed by atoms with Crippen LogP contribution in [0.4, 0.5) is 5.69 Å². The van der Waals surface area contributed by atoms with Gasteiger partial charge in [-0.05, 0) is 42.8 Å². The molecule has 1 amide bonds. The van der Waals surface area contributed by atoms with E-state index in [2.05, 4.69) is 15.3 Å². The average molecular weight is 486 g/mol. The first-order valence-corrected chi connectivity index (χ1v) is 11.5. The molecule has 9 heteroatoms. The molecule has 0 bridgehead atoms. The fourth-order valence-electron chi connectivity index (χ4n) is 3.01. The molecule has 2 aromatic heterocycles. The van der Waals surface area contributed by atoms with Crippen molar-refractivity contribution >= 4 is 63.3 Å². The quantitative estimate of drug-likeness (QED) is 0.182. The van der Waals surface area contributed by atoms with Gasteiger partial charge in [0.2, 0.25) is 5.78 Å². The molecule has 2 aromatic carbocycles. The fraction of sp³-hybridized carbons (Fsp3) is 0.130. The predicted octanol–water partition coefficient (Wildman–Crippen LogP) is 6.52. The highest BCUT2D eigenvalue weighted by molar-refractivity contribution is 7.99. The van der Waals surface area contributed by atoms with E-state index in [0.29, 0.717) is 26.7 Å². The number of nitrogens with one attached hydrogen (secondary N) is 1. The van der Waals surface area contributed by atoms with E-state index in [-0.39, 0.29) is 27.9 Å². The highest BCUT2D eigenvalue weighted by Crippen LogP contribution is 2.33. The van der Waals surface area contributed by atoms with Crippen LogP contribution in [-0.2, 0) is 0 Å². The maximum atomic E-state index is 13.2. The number of aromatic nitrogens is 2. The van der Waals surface area contributed by atoms with Crippen LogP contribution in [-0.4, -0.2) is 27.4 Å². The van der Waals surface area contributed by atoms with Gasteiger partial charge in [-0.15, -0.1) is 0 Å². The SMILES string of the molecule is CCCSc1ncc(Cl)c(C(=O)Nc2c(C(=O)c3ccc(Cl)cc3)oc3ccccc23)n1. The molecule has 0 spiro atoms. The van der Waals surface area contributed by atoms with Crippen molar-refractivity contribution in [2.75, 3.05) is 11.1 Å². The summed E-state index contributed by atoms with van der Waals surface area (Å²) in [4.78, 5) is 34.7. The lowest BCUT2D eigenvalue weighted by molar-refractivity contribution is 0.101. The Hall–Kier alpha value is -2.87. The average Bonchev–Trinajstić information content (AvgIpc) is 3.17. The molecular formula is C23H17Cl2N3O3S. The van der Waals surface area contributed by atoms with Crippen molar-refractivity contribution in [3.8, 4) is 0 Å². The lowest BCUT2D eigenvalue weighted by Crippen LogP contribution is -2.17. The number of rotatable bonds is 7. The van der Waals surface area contributed by atoms with E-state index in [0.717, 1.165) is 12.2 Å². The van der Waals surface area contributed by atoms with Gasteiger partial charge in [0.15, 0.2) is 16.6 Å². The number of fused-ring (bicyclic) bond motifs is 1. The first kappa shape index (κ1) is 22.3. The molecule has 4 rings (SSSR count). The number of amides is 1. The maximum Gasteiger partial charge on any atom is 0.276 e. The number of nitrogens with zero attached hydrogens (tertiary/aromatic N) is 2. The zero-order chi connectivity index (χ0) is 22.7. The summed E-state index contributed by atoms with van der Waals surface area (Å²) in [5.41, 5.74) is 1.12. The van der Waals surface area contributed by atoms with Crippen LogP contribution in [0, 0.1) is 0 Å². The van der Waals surface area contributed by atoms with Crippen LogP contribution in [0.1, 0.15) is 40.0 Å². The van der Waals surface area contributed by atoms with E-state index in [1.54, 1.807) is 48.5 Å². The third kappa shape index (κ3) is 4.65. The minimum Gasteiger partial charge on any atom is -0.450 e. The fourth-order valence-corrected chi connectivity index (χ4v) is 3.98. The Morgan fingerprint density at radius 2 is 1.84 bits per heavy atom. The number of carbonyl (C=O) groups excluding carboxylic acids is 2. The largest absolute Gasteiger partial charge is 0.450 e. The Bertz CT molecular complexity index is 1310. The molecule has 0 radical (unpaired) electrons. The highest BCUT2D eigenvalue weighted by atomic mass is 35.5. The number of furan rings is 1. The van der Waals surface area contributed by atoms with Crippen LogP contribution < -0.4 is 5.32 Å². The monoisotopic (exact) mass is 485 g/mol. The molecule has 1 N–H and O–H groups in total. The van der Waals surface area contributed by atoms with E-state index in [4.69, 9.17) is 27.6 Å². The minimum atomic E-state index is -0.563. The summed E-state index contributed by atoms with van der Waals surface area (Å²) in [5, 5.41) is 4.44. The molecule has 0 aliphatic heterocycles. The van der Waals surface area contributed by atoms with Crippen molar-refractivity contribution in [1.29, 1.82) is 0 Å². The number of hydrogen-bond donors (Lipinski definition) is 1. The molecule has 0 saturated heterocycles. The second-order valence-corrected chi connectivity index (χ2v) is 8.70. The molecule has 162 valence electrons. The van der Waals surface area contributed by atoms with Gasteiger partial charge < -0.3 is 9.73 Å². The van der Waals surface area contributed by atoms with Crippen LogP contribution in [0.25, 0.3) is 11.0 Å². The standard InChI is InChI=1S/C23H17Cl2N3O3S/c1-2-11-32-23-26-12-16(25)19(28-23)22(30)27-18-15-5-3-4-6-17(15)31-21(18)20(29)13-7-9-14(24)10-8-13/h3-10,12H,2,11H2,1H3,(H,27,30). The molecule has 0 saturated carbocycles. The van der Waals surface area contributed by atoms with Gasteiger partial charge in [-0.2, -0.15) is 0 Å². The Morgan fingerprint density at radius 1 is 1.09 bits per heavy atom. The lowest BCUT2D eigenvalue weighted by atomic mass is 10.1. The van der Waals surface area contributed by atoms with Crippen molar-refractivity contribution in [3.05, 3.63) is 81.8 Å². The van der Waals surface area contributed by atoms with E-state index in [1.807, 2.05) is 6.92 Å². The third-order valence-corrected chi connectivity index (χ3v) is 6.11. The molecule has 0 aliphatic rings. The number of anilines is 1. The number of para-hydroxylation sites is 1. The molecule has 0 atom stereocenters. The summed E-state index contributed by atoms with van der Waals surface area (Å²) in [6.45, 7) is 2.04. The Balaban J connectivity index is 1.73. The first-order valence-electron chi connectivity index (χ1n) is 9.76. The van der Waals surface area contributed by atoms with E-state index in [9.17, 15) is 9.59 Å². The summed E-state index contributed by atoms with van der Waals surface area (Å²) < 4.78 is 5.82. The van der Waals surface area contributed by atoms with Gasteiger partial charge in [0, 0.05) is 21.7 Å². The van der Waals surface area contributed by atoms with Gasteiger partial charge in [0.25, 0.3) is 5.91 Å². The smallest absolute Gasteiger partial charge is 0.276 e. The molecule has 0 aliphatic carbocycles. The van der Waals surface area contributed by atoms with E-state index >= 15 is 0 Å². The number of benzene rings is 2.